The fraction of sp³-hybridized carbons (Fsp3) is 0.923. The van der Waals surface area contributed by atoms with E-state index in [1.165, 1.54) is 70.6 Å². The monoisotopic (exact) mass is 451 g/mol. The summed E-state index contributed by atoms with van der Waals surface area (Å²) in [6.45, 7) is 9.76. The highest BCUT2D eigenvalue weighted by Gasteiger charge is 2.30. The molecule has 2 fully saturated rings. The number of carbonyl (C=O) groups is 2. The average molecular weight is 452 g/mol. The van der Waals surface area contributed by atoms with E-state index < -0.39 is 5.60 Å². The van der Waals surface area contributed by atoms with E-state index in [4.69, 9.17) is 4.74 Å². The van der Waals surface area contributed by atoms with Gasteiger partial charge in [0.2, 0.25) is 0 Å². The number of hydrogen-bond acceptors (Lipinski definition) is 3. The Kier molecular flexibility index (Phi) is 11.7. The molecule has 2 rings (SSSR count). The Morgan fingerprint density at radius 1 is 1.00 bits per heavy atom. The molecule has 32 heavy (non-hydrogen) atoms. The van der Waals surface area contributed by atoms with Crippen molar-refractivity contribution in [1.29, 1.82) is 0 Å². The summed E-state index contributed by atoms with van der Waals surface area (Å²) in [6, 6.07) is -0.119. The Bertz CT molecular complexity index is 553. The van der Waals surface area contributed by atoms with Crippen molar-refractivity contribution in [3.63, 3.8) is 0 Å². The predicted octanol–water partition coefficient (Wildman–Crippen LogP) is 6.24. The molecule has 0 aromatic carbocycles. The minimum absolute atomic E-state index is 0.00487. The van der Waals surface area contributed by atoms with Crippen molar-refractivity contribution in [3.8, 4) is 0 Å². The Labute approximate surface area is 196 Å². The molecule has 2 unspecified atom stereocenters. The summed E-state index contributed by atoms with van der Waals surface area (Å²) < 4.78 is 5.43. The number of carbonyl (C=O) groups excluding carboxylic acids is 2. The van der Waals surface area contributed by atoms with Crippen LogP contribution >= 0.6 is 0 Å². The summed E-state index contributed by atoms with van der Waals surface area (Å²) in [5, 5.41) is 6.07. The van der Waals surface area contributed by atoms with Gasteiger partial charge < -0.3 is 20.3 Å². The van der Waals surface area contributed by atoms with Crippen molar-refractivity contribution in [1.82, 2.24) is 15.5 Å². The van der Waals surface area contributed by atoms with E-state index in [9.17, 15) is 9.59 Å². The zero-order chi connectivity index (χ0) is 23.4. The lowest BCUT2D eigenvalue weighted by Crippen LogP contribution is -2.44. The first kappa shape index (κ1) is 26.8. The van der Waals surface area contributed by atoms with Gasteiger partial charge in [-0.25, -0.2) is 9.59 Å². The molecule has 0 bridgehead atoms. The van der Waals surface area contributed by atoms with Gasteiger partial charge in [-0.2, -0.15) is 0 Å². The minimum Gasteiger partial charge on any atom is -0.444 e. The molecule has 1 aliphatic heterocycles. The van der Waals surface area contributed by atoms with Crippen LogP contribution in [0.15, 0.2) is 0 Å². The summed E-state index contributed by atoms with van der Waals surface area (Å²) in [5.74, 6) is 1.70. The largest absolute Gasteiger partial charge is 0.444 e. The lowest BCUT2D eigenvalue weighted by atomic mass is 9.77. The van der Waals surface area contributed by atoms with Crippen LogP contribution in [-0.2, 0) is 4.74 Å². The molecule has 0 aromatic heterocycles. The Morgan fingerprint density at radius 2 is 1.66 bits per heavy atom. The molecule has 1 heterocycles. The van der Waals surface area contributed by atoms with Crippen LogP contribution in [0.2, 0.25) is 0 Å². The molecular weight excluding hydrogens is 402 g/mol. The van der Waals surface area contributed by atoms with Crippen LogP contribution in [0.4, 0.5) is 9.59 Å². The molecule has 6 nitrogen and oxygen atoms in total. The van der Waals surface area contributed by atoms with Gasteiger partial charge >= 0.3 is 12.1 Å². The summed E-state index contributed by atoms with van der Waals surface area (Å²) in [6.07, 6.45) is 16.5. The maximum atomic E-state index is 12.3. The standard InChI is InChI=1S/C26H49N3O3/c1-5-6-13-21(22-14-10-8-7-9-11-15-22)16-12-18-27-24(30)28-23-17-19-29(20-23)25(31)32-26(2,3)4/h21-23H,5-20H2,1-4H3,(H2,27,28,30). The van der Waals surface area contributed by atoms with E-state index in [-0.39, 0.29) is 18.2 Å². The molecule has 2 atom stereocenters. The van der Waals surface area contributed by atoms with Gasteiger partial charge in [-0.1, -0.05) is 71.1 Å². The number of unbranched alkanes of at least 4 members (excludes halogenated alkanes) is 1. The van der Waals surface area contributed by atoms with Gasteiger partial charge in [0.25, 0.3) is 0 Å². The van der Waals surface area contributed by atoms with Crippen molar-refractivity contribution in [2.24, 2.45) is 11.8 Å². The molecule has 0 aromatic rings. The summed E-state index contributed by atoms with van der Waals surface area (Å²) in [4.78, 5) is 26.2. The quantitative estimate of drug-likeness (QED) is 0.407. The van der Waals surface area contributed by atoms with Crippen molar-refractivity contribution in [3.05, 3.63) is 0 Å². The smallest absolute Gasteiger partial charge is 0.410 e. The van der Waals surface area contributed by atoms with E-state index in [1.54, 1.807) is 4.90 Å². The van der Waals surface area contributed by atoms with E-state index in [1.807, 2.05) is 20.8 Å². The number of urea groups is 1. The summed E-state index contributed by atoms with van der Waals surface area (Å²) in [7, 11) is 0. The number of hydrogen-bond donors (Lipinski definition) is 2. The van der Waals surface area contributed by atoms with Crippen LogP contribution in [0.25, 0.3) is 0 Å². The first-order chi connectivity index (χ1) is 15.3. The van der Waals surface area contributed by atoms with Crippen LogP contribution in [0.5, 0.6) is 0 Å². The number of likely N-dealkylation sites (tertiary alicyclic amines) is 1. The molecule has 1 saturated heterocycles. The Morgan fingerprint density at radius 3 is 2.31 bits per heavy atom. The van der Waals surface area contributed by atoms with Gasteiger partial charge in [0.1, 0.15) is 5.60 Å². The van der Waals surface area contributed by atoms with Gasteiger partial charge in [-0.05, 0) is 51.9 Å². The van der Waals surface area contributed by atoms with E-state index in [0.717, 1.165) is 31.2 Å². The molecule has 0 spiro atoms. The normalized spacial score (nSPS) is 21.5. The number of nitrogens with one attached hydrogen (secondary N) is 2. The molecule has 0 radical (unpaired) electrons. The zero-order valence-electron chi connectivity index (χ0n) is 21.2. The predicted molar refractivity (Wildman–Crippen MR) is 131 cm³/mol. The molecule has 186 valence electrons. The molecule has 6 heteroatoms. The van der Waals surface area contributed by atoms with Crippen LogP contribution in [-0.4, -0.2) is 48.3 Å². The van der Waals surface area contributed by atoms with Crippen LogP contribution < -0.4 is 10.6 Å². The zero-order valence-corrected chi connectivity index (χ0v) is 21.2. The van der Waals surface area contributed by atoms with Gasteiger partial charge in [0.15, 0.2) is 0 Å². The van der Waals surface area contributed by atoms with Crippen molar-refractivity contribution < 1.29 is 14.3 Å². The van der Waals surface area contributed by atoms with Crippen LogP contribution in [0.1, 0.15) is 111 Å². The number of nitrogens with zero attached hydrogens (tertiary/aromatic N) is 1. The third-order valence-electron chi connectivity index (χ3n) is 6.96. The van der Waals surface area contributed by atoms with E-state index in [0.29, 0.717) is 13.1 Å². The second-order valence-corrected chi connectivity index (χ2v) is 11.0. The number of ether oxygens (including phenoxy) is 1. The number of amides is 3. The number of rotatable bonds is 9. The van der Waals surface area contributed by atoms with Crippen molar-refractivity contribution in [2.75, 3.05) is 19.6 Å². The third-order valence-corrected chi connectivity index (χ3v) is 6.96. The fourth-order valence-corrected chi connectivity index (χ4v) is 5.21. The average Bonchev–Trinajstić information content (AvgIpc) is 3.15. The first-order valence-corrected chi connectivity index (χ1v) is 13.3. The van der Waals surface area contributed by atoms with Gasteiger partial charge in [-0.3, -0.25) is 0 Å². The van der Waals surface area contributed by atoms with Crippen molar-refractivity contribution in [2.45, 2.75) is 123 Å². The highest BCUT2D eigenvalue weighted by Crippen LogP contribution is 2.33. The van der Waals surface area contributed by atoms with Gasteiger partial charge in [0, 0.05) is 25.7 Å². The van der Waals surface area contributed by atoms with Crippen molar-refractivity contribution >= 4 is 12.1 Å². The maximum Gasteiger partial charge on any atom is 0.410 e. The molecule has 2 N–H and O–H groups in total. The van der Waals surface area contributed by atoms with Gasteiger partial charge in [0.05, 0.1) is 0 Å². The third kappa shape index (κ3) is 10.4. The minimum atomic E-state index is -0.495. The molecule has 1 aliphatic carbocycles. The fourth-order valence-electron chi connectivity index (χ4n) is 5.21. The van der Waals surface area contributed by atoms with Gasteiger partial charge in [-0.15, -0.1) is 0 Å². The van der Waals surface area contributed by atoms with E-state index >= 15 is 0 Å². The lowest BCUT2D eigenvalue weighted by molar-refractivity contribution is 0.0291. The molecular formula is C26H49N3O3. The molecule has 1 saturated carbocycles. The molecule has 3 amide bonds. The maximum absolute atomic E-state index is 12.3. The Balaban J connectivity index is 1.67. The van der Waals surface area contributed by atoms with E-state index in [2.05, 4.69) is 17.6 Å². The second-order valence-electron chi connectivity index (χ2n) is 11.0. The lowest BCUT2D eigenvalue weighted by Gasteiger charge is -2.29. The van der Waals surface area contributed by atoms with Crippen LogP contribution in [0.3, 0.4) is 0 Å². The summed E-state index contributed by atoms with van der Waals surface area (Å²) >= 11 is 0. The highest BCUT2D eigenvalue weighted by atomic mass is 16.6. The highest BCUT2D eigenvalue weighted by molar-refractivity contribution is 5.74. The topological polar surface area (TPSA) is 70.7 Å². The first-order valence-electron chi connectivity index (χ1n) is 13.3. The Hall–Kier alpha value is -1.46. The summed E-state index contributed by atoms with van der Waals surface area (Å²) in [5.41, 5.74) is -0.495. The second kappa shape index (κ2) is 13.9. The molecule has 2 aliphatic rings. The SMILES string of the molecule is CCCCC(CCCNC(=O)NC1CCN(C(=O)OC(C)(C)C)C1)C1CCCCCCC1. The van der Waals surface area contributed by atoms with Crippen LogP contribution in [0, 0.1) is 11.8 Å².